The second-order valence-electron chi connectivity index (χ2n) is 4.73. The van der Waals surface area contributed by atoms with Crippen LogP contribution in [-0.4, -0.2) is 31.9 Å². The molecule has 0 bridgehead atoms. The molecule has 2 unspecified atom stereocenters. The fourth-order valence-corrected chi connectivity index (χ4v) is 2.73. The largest absolute Gasteiger partial charge is 0.493 e. The molecule has 1 aromatic rings. The molecule has 0 saturated carbocycles. The van der Waals surface area contributed by atoms with E-state index in [1.54, 1.807) is 26.4 Å². The normalized spacial score (nSPS) is 20.9. The number of hydrogen-bond donors (Lipinski definition) is 2. The monoisotopic (exact) mass is 285 g/mol. The van der Waals surface area contributed by atoms with Crippen LogP contribution in [0.2, 0.25) is 5.02 Å². The van der Waals surface area contributed by atoms with Crippen LogP contribution < -0.4 is 14.8 Å². The van der Waals surface area contributed by atoms with Crippen LogP contribution in [0.25, 0.3) is 0 Å². The molecule has 0 radical (unpaired) electrons. The first-order chi connectivity index (χ1) is 9.17. The van der Waals surface area contributed by atoms with Crippen molar-refractivity contribution in [3.63, 3.8) is 0 Å². The minimum absolute atomic E-state index is 0.0457. The molecular weight excluding hydrogens is 266 g/mol. The van der Waals surface area contributed by atoms with Crippen LogP contribution in [0.15, 0.2) is 12.1 Å². The number of hydrogen-bond acceptors (Lipinski definition) is 4. The highest BCUT2D eigenvalue weighted by atomic mass is 35.5. The van der Waals surface area contributed by atoms with Crippen LogP contribution in [0.5, 0.6) is 11.5 Å². The van der Waals surface area contributed by atoms with Gasteiger partial charge in [-0.05, 0) is 25.5 Å². The van der Waals surface area contributed by atoms with Crippen LogP contribution in [0, 0.1) is 0 Å². The Morgan fingerprint density at radius 3 is 2.53 bits per heavy atom. The molecule has 4 nitrogen and oxygen atoms in total. The molecular formula is C14H20ClNO3. The summed E-state index contributed by atoms with van der Waals surface area (Å²) in [6.07, 6.45) is 2.60. The van der Waals surface area contributed by atoms with Crippen molar-refractivity contribution in [3.05, 3.63) is 22.7 Å². The summed E-state index contributed by atoms with van der Waals surface area (Å²) in [7, 11) is 3.13. The third-order valence-corrected chi connectivity index (χ3v) is 3.88. The van der Waals surface area contributed by atoms with Crippen LogP contribution in [0.4, 0.5) is 0 Å². The highest BCUT2D eigenvalue weighted by Crippen LogP contribution is 2.37. The number of aliphatic hydroxyl groups is 1. The van der Waals surface area contributed by atoms with Crippen molar-refractivity contribution >= 4 is 11.6 Å². The summed E-state index contributed by atoms with van der Waals surface area (Å²) in [6, 6.07) is 3.48. The van der Waals surface area contributed by atoms with Gasteiger partial charge in [0.2, 0.25) is 0 Å². The Kier molecular flexibility index (Phi) is 4.91. The number of halogens is 1. The molecule has 1 saturated heterocycles. The Morgan fingerprint density at radius 2 is 1.95 bits per heavy atom. The first-order valence-corrected chi connectivity index (χ1v) is 6.88. The molecule has 2 N–H and O–H groups in total. The molecule has 2 atom stereocenters. The summed E-state index contributed by atoms with van der Waals surface area (Å²) in [4.78, 5) is 0. The molecule has 1 aliphatic heterocycles. The molecule has 0 spiro atoms. The zero-order valence-corrected chi connectivity index (χ0v) is 12.0. The molecule has 1 aromatic carbocycles. The predicted molar refractivity (Wildman–Crippen MR) is 75.2 cm³/mol. The smallest absolute Gasteiger partial charge is 0.162 e. The van der Waals surface area contributed by atoms with E-state index in [0.717, 1.165) is 25.8 Å². The average Bonchev–Trinajstić information content (AvgIpc) is 2.47. The van der Waals surface area contributed by atoms with Crippen molar-refractivity contribution in [2.75, 3.05) is 20.8 Å². The van der Waals surface area contributed by atoms with Gasteiger partial charge in [-0.15, -0.1) is 0 Å². The van der Waals surface area contributed by atoms with Gasteiger partial charge in [0, 0.05) is 17.7 Å². The molecule has 106 valence electrons. The zero-order chi connectivity index (χ0) is 13.8. The topological polar surface area (TPSA) is 50.7 Å². The summed E-state index contributed by atoms with van der Waals surface area (Å²) >= 11 is 6.23. The quantitative estimate of drug-likeness (QED) is 0.893. The van der Waals surface area contributed by atoms with E-state index in [0.29, 0.717) is 22.1 Å². The van der Waals surface area contributed by atoms with Crippen molar-refractivity contribution < 1.29 is 14.6 Å². The maximum absolute atomic E-state index is 10.5. The van der Waals surface area contributed by atoms with Gasteiger partial charge in [-0.2, -0.15) is 0 Å². The summed E-state index contributed by atoms with van der Waals surface area (Å²) in [6.45, 7) is 0.937. The second-order valence-corrected chi connectivity index (χ2v) is 5.14. The molecule has 0 aliphatic carbocycles. The lowest BCUT2D eigenvalue weighted by Gasteiger charge is -2.29. The van der Waals surface area contributed by atoms with E-state index >= 15 is 0 Å². The van der Waals surface area contributed by atoms with E-state index in [1.807, 2.05) is 0 Å². The second kappa shape index (κ2) is 6.46. The fourth-order valence-electron chi connectivity index (χ4n) is 2.46. The van der Waals surface area contributed by atoms with Gasteiger partial charge in [0.05, 0.1) is 25.3 Å². The van der Waals surface area contributed by atoms with E-state index in [-0.39, 0.29) is 6.04 Å². The summed E-state index contributed by atoms with van der Waals surface area (Å²) in [5.41, 5.74) is 0.679. The number of benzene rings is 1. The average molecular weight is 286 g/mol. The summed E-state index contributed by atoms with van der Waals surface area (Å²) in [5, 5.41) is 14.3. The van der Waals surface area contributed by atoms with Crippen LogP contribution in [0.3, 0.4) is 0 Å². The number of rotatable bonds is 4. The molecule has 1 aliphatic rings. The lowest BCUT2D eigenvalue weighted by atomic mass is 9.94. The Hall–Kier alpha value is -0.970. The van der Waals surface area contributed by atoms with E-state index < -0.39 is 6.10 Å². The Bertz CT molecular complexity index is 433. The first kappa shape index (κ1) is 14.4. The van der Waals surface area contributed by atoms with E-state index in [9.17, 15) is 5.11 Å². The van der Waals surface area contributed by atoms with E-state index in [1.165, 1.54) is 0 Å². The number of ether oxygens (including phenoxy) is 2. The highest BCUT2D eigenvalue weighted by Gasteiger charge is 2.25. The Labute approximate surface area is 118 Å². The van der Waals surface area contributed by atoms with Gasteiger partial charge < -0.3 is 19.9 Å². The van der Waals surface area contributed by atoms with E-state index in [4.69, 9.17) is 21.1 Å². The van der Waals surface area contributed by atoms with Gasteiger partial charge in [0.25, 0.3) is 0 Å². The number of piperidine rings is 1. The van der Waals surface area contributed by atoms with Gasteiger partial charge in [-0.3, -0.25) is 0 Å². The van der Waals surface area contributed by atoms with Crippen molar-refractivity contribution in [1.29, 1.82) is 0 Å². The zero-order valence-electron chi connectivity index (χ0n) is 11.3. The minimum Gasteiger partial charge on any atom is -0.493 e. The first-order valence-electron chi connectivity index (χ1n) is 6.50. The molecule has 0 amide bonds. The molecule has 0 aromatic heterocycles. The fraction of sp³-hybridized carbons (Fsp3) is 0.571. The molecule has 1 fully saturated rings. The minimum atomic E-state index is -0.632. The highest BCUT2D eigenvalue weighted by molar-refractivity contribution is 6.31. The van der Waals surface area contributed by atoms with Crippen molar-refractivity contribution in [2.24, 2.45) is 0 Å². The summed E-state index contributed by atoms with van der Waals surface area (Å²) in [5.74, 6) is 1.15. The SMILES string of the molecule is COc1cc(Cl)c(C(O)C2CCCCN2)cc1OC. The molecule has 2 rings (SSSR count). The third kappa shape index (κ3) is 3.14. The number of nitrogens with one attached hydrogen (secondary N) is 1. The van der Waals surface area contributed by atoms with Crippen LogP contribution >= 0.6 is 11.6 Å². The van der Waals surface area contributed by atoms with Gasteiger partial charge >= 0.3 is 0 Å². The molecule has 1 heterocycles. The van der Waals surface area contributed by atoms with Gasteiger partial charge in [0.15, 0.2) is 11.5 Å². The number of methoxy groups -OCH3 is 2. The van der Waals surface area contributed by atoms with Crippen molar-refractivity contribution in [1.82, 2.24) is 5.32 Å². The van der Waals surface area contributed by atoms with Crippen molar-refractivity contribution in [3.8, 4) is 11.5 Å². The Balaban J connectivity index is 2.27. The van der Waals surface area contributed by atoms with Crippen LogP contribution in [0.1, 0.15) is 30.9 Å². The van der Waals surface area contributed by atoms with Gasteiger partial charge in [0.1, 0.15) is 0 Å². The standard InChI is InChI=1S/C14H20ClNO3/c1-18-12-7-9(10(15)8-13(12)19-2)14(17)11-5-3-4-6-16-11/h7-8,11,14,16-17H,3-6H2,1-2H3. The van der Waals surface area contributed by atoms with Crippen LogP contribution in [-0.2, 0) is 0 Å². The lowest BCUT2D eigenvalue weighted by Crippen LogP contribution is -2.38. The Morgan fingerprint density at radius 1 is 1.26 bits per heavy atom. The third-order valence-electron chi connectivity index (χ3n) is 3.55. The van der Waals surface area contributed by atoms with Crippen molar-refractivity contribution in [2.45, 2.75) is 31.4 Å². The van der Waals surface area contributed by atoms with E-state index in [2.05, 4.69) is 5.32 Å². The number of aliphatic hydroxyl groups excluding tert-OH is 1. The lowest BCUT2D eigenvalue weighted by molar-refractivity contribution is 0.113. The maximum atomic E-state index is 10.5. The maximum Gasteiger partial charge on any atom is 0.162 e. The summed E-state index contributed by atoms with van der Waals surface area (Å²) < 4.78 is 10.4. The van der Waals surface area contributed by atoms with Gasteiger partial charge in [-0.1, -0.05) is 18.0 Å². The molecule has 19 heavy (non-hydrogen) atoms. The predicted octanol–water partition coefficient (Wildman–Crippen LogP) is 2.53. The van der Waals surface area contributed by atoms with Gasteiger partial charge in [-0.25, -0.2) is 0 Å². The molecule has 5 heteroatoms.